The lowest BCUT2D eigenvalue weighted by molar-refractivity contribution is -0.139. The Hall–Kier alpha value is -2.92. The van der Waals surface area contributed by atoms with E-state index in [0.717, 1.165) is 6.42 Å². The molecule has 0 aromatic heterocycles. The minimum Gasteiger partial charge on any atom is -0.339 e. The molecule has 0 unspecified atom stereocenters. The zero-order valence-electron chi connectivity index (χ0n) is 15.8. The standard InChI is InChI=1S/C20H25N5O3/c21-14-16-7-4-8-25(16)20(28)17(22)13-18(26)23-9-11-24(12-10-23)19(27)15-5-2-1-3-6-15/h1-3,5-6,16-17H,4,7-13,22H2/t16-,17-/m0/s1. The van der Waals surface area contributed by atoms with Crippen molar-refractivity contribution in [2.24, 2.45) is 5.73 Å². The molecule has 2 fully saturated rings. The molecule has 1 aromatic carbocycles. The second-order valence-corrected chi connectivity index (χ2v) is 7.17. The predicted molar refractivity (Wildman–Crippen MR) is 102 cm³/mol. The summed E-state index contributed by atoms with van der Waals surface area (Å²) in [6.45, 7) is 2.25. The number of hydrogen-bond acceptors (Lipinski definition) is 5. The number of piperazine rings is 1. The molecular formula is C20H25N5O3. The smallest absolute Gasteiger partial charge is 0.253 e. The number of nitrogens with two attached hydrogens (primary N) is 1. The lowest BCUT2D eigenvalue weighted by Gasteiger charge is -2.35. The number of amides is 3. The van der Waals surface area contributed by atoms with Gasteiger partial charge in [-0.3, -0.25) is 14.4 Å². The van der Waals surface area contributed by atoms with Gasteiger partial charge >= 0.3 is 0 Å². The SMILES string of the molecule is N#C[C@@H]1CCCN1C(=O)[C@@H](N)CC(=O)N1CCN(C(=O)c2ccccc2)CC1. The van der Waals surface area contributed by atoms with Crippen molar-refractivity contribution < 1.29 is 14.4 Å². The number of hydrogen-bond donors (Lipinski definition) is 1. The lowest BCUT2D eigenvalue weighted by Crippen LogP contribution is -2.53. The molecule has 2 saturated heterocycles. The summed E-state index contributed by atoms with van der Waals surface area (Å²) in [5.74, 6) is -0.577. The quantitative estimate of drug-likeness (QED) is 0.799. The molecule has 8 heteroatoms. The number of nitrogens with zero attached hydrogens (tertiary/aromatic N) is 4. The van der Waals surface area contributed by atoms with Crippen molar-refractivity contribution >= 4 is 17.7 Å². The van der Waals surface area contributed by atoms with Crippen molar-refractivity contribution in [3.63, 3.8) is 0 Å². The van der Waals surface area contributed by atoms with E-state index in [9.17, 15) is 14.4 Å². The molecule has 2 aliphatic heterocycles. The van der Waals surface area contributed by atoms with Gasteiger partial charge in [-0.25, -0.2) is 0 Å². The van der Waals surface area contributed by atoms with Gasteiger partial charge in [0.1, 0.15) is 6.04 Å². The van der Waals surface area contributed by atoms with Crippen LogP contribution in [0, 0.1) is 11.3 Å². The fourth-order valence-electron chi connectivity index (χ4n) is 3.70. The summed E-state index contributed by atoms with van der Waals surface area (Å²) in [6, 6.07) is 9.78. The summed E-state index contributed by atoms with van der Waals surface area (Å²) in [5.41, 5.74) is 6.59. The molecule has 2 N–H and O–H groups in total. The maximum absolute atomic E-state index is 12.5. The summed E-state index contributed by atoms with van der Waals surface area (Å²) >= 11 is 0. The normalized spacial score (nSPS) is 20.6. The summed E-state index contributed by atoms with van der Waals surface area (Å²) in [6.07, 6.45) is 1.35. The molecule has 2 heterocycles. The van der Waals surface area contributed by atoms with Crippen LogP contribution >= 0.6 is 0 Å². The van der Waals surface area contributed by atoms with E-state index in [1.807, 2.05) is 18.2 Å². The Bertz CT molecular complexity index is 768. The molecule has 1 aromatic rings. The van der Waals surface area contributed by atoms with Gasteiger partial charge in [0, 0.05) is 38.3 Å². The molecule has 8 nitrogen and oxygen atoms in total. The first-order valence-electron chi connectivity index (χ1n) is 9.59. The second-order valence-electron chi connectivity index (χ2n) is 7.17. The van der Waals surface area contributed by atoms with Gasteiger partial charge in [0.15, 0.2) is 0 Å². The number of benzene rings is 1. The Labute approximate surface area is 164 Å². The number of likely N-dealkylation sites (tertiary alicyclic amines) is 1. The van der Waals surface area contributed by atoms with Crippen LogP contribution in [0.15, 0.2) is 30.3 Å². The van der Waals surface area contributed by atoms with E-state index in [4.69, 9.17) is 11.0 Å². The molecule has 0 spiro atoms. The molecule has 148 valence electrons. The highest BCUT2D eigenvalue weighted by Crippen LogP contribution is 2.18. The molecule has 0 aliphatic carbocycles. The molecule has 0 saturated carbocycles. The lowest BCUT2D eigenvalue weighted by atomic mass is 10.1. The number of rotatable bonds is 4. The van der Waals surface area contributed by atoms with Crippen LogP contribution in [0.3, 0.4) is 0 Å². The van der Waals surface area contributed by atoms with Gasteiger partial charge in [0.05, 0.1) is 18.5 Å². The van der Waals surface area contributed by atoms with E-state index in [0.29, 0.717) is 44.7 Å². The van der Waals surface area contributed by atoms with Gasteiger partial charge in [0.25, 0.3) is 5.91 Å². The Morgan fingerprint density at radius 2 is 1.71 bits per heavy atom. The summed E-state index contributed by atoms with van der Waals surface area (Å²) in [7, 11) is 0. The van der Waals surface area contributed by atoms with Crippen LogP contribution in [0.1, 0.15) is 29.6 Å². The van der Waals surface area contributed by atoms with Crippen molar-refractivity contribution in [2.45, 2.75) is 31.3 Å². The zero-order chi connectivity index (χ0) is 20.1. The average molecular weight is 383 g/mol. The van der Waals surface area contributed by atoms with Crippen molar-refractivity contribution in [3.05, 3.63) is 35.9 Å². The maximum Gasteiger partial charge on any atom is 0.253 e. The van der Waals surface area contributed by atoms with Crippen molar-refractivity contribution in [1.29, 1.82) is 5.26 Å². The van der Waals surface area contributed by atoms with Crippen LogP contribution < -0.4 is 5.73 Å². The van der Waals surface area contributed by atoms with Gasteiger partial charge in [0.2, 0.25) is 11.8 Å². The third-order valence-electron chi connectivity index (χ3n) is 5.34. The summed E-state index contributed by atoms with van der Waals surface area (Å²) in [4.78, 5) is 42.3. The molecular weight excluding hydrogens is 358 g/mol. The van der Waals surface area contributed by atoms with Gasteiger partial charge in [-0.1, -0.05) is 18.2 Å². The highest BCUT2D eigenvalue weighted by atomic mass is 16.2. The monoisotopic (exact) mass is 383 g/mol. The van der Waals surface area contributed by atoms with E-state index in [2.05, 4.69) is 6.07 Å². The number of carbonyl (C=O) groups is 3. The average Bonchev–Trinajstić information content (AvgIpc) is 3.22. The summed E-state index contributed by atoms with van der Waals surface area (Å²) in [5, 5.41) is 9.11. The van der Waals surface area contributed by atoms with Crippen molar-refractivity contribution in [3.8, 4) is 6.07 Å². The van der Waals surface area contributed by atoms with Gasteiger partial charge < -0.3 is 20.4 Å². The van der Waals surface area contributed by atoms with E-state index >= 15 is 0 Å². The van der Waals surface area contributed by atoms with Gasteiger partial charge in [-0.2, -0.15) is 5.26 Å². The van der Waals surface area contributed by atoms with E-state index < -0.39 is 12.1 Å². The molecule has 2 aliphatic rings. The summed E-state index contributed by atoms with van der Waals surface area (Å²) < 4.78 is 0. The third kappa shape index (κ3) is 4.31. The van der Waals surface area contributed by atoms with Crippen molar-refractivity contribution in [2.75, 3.05) is 32.7 Å². The first-order chi connectivity index (χ1) is 13.5. The zero-order valence-corrected chi connectivity index (χ0v) is 15.8. The van der Waals surface area contributed by atoms with Crippen LogP contribution in [0.25, 0.3) is 0 Å². The van der Waals surface area contributed by atoms with Gasteiger partial charge in [-0.15, -0.1) is 0 Å². The Morgan fingerprint density at radius 3 is 2.36 bits per heavy atom. The third-order valence-corrected chi connectivity index (χ3v) is 5.34. The predicted octanol–water partition coefficient (Wildman–Crippen LogP) is 0.203. The van der Waals surface area contributed by atoms with Crippen LogP contribution in [-0.2, 0) is 9.59 Å². The molecule has 0 radical (unpaired) electrons. The maximum atomic E-state index is 12.5. The van der Waals surface area contributed by atoms with E-state index in [1.54, 1.807) is 21.9 Å². The topological polar surface area (TPSA) is 111 Å². The van der Waals surface area contributed by atoms with E-state index in [-0.39, 0.29) is 24.1 Å². The Morgan fingerprint density at radius 1 is 1.07 bits per heavy atom. The van der Waals surface area contributed by atoms with Crippen LogP contribution in [0.5, 0.6) is 0 Å². The Kier molecular flexibility index (Phi) is 6.26. The first-order valence-corrected chi connectivity index (χ1v) is 9.59. The van der Waals surface area contributed by atoms with E-state index in [1.165, 1.54) is 4.90 Å². The molecule has 2 atom stereocenters. The van der Waals surface area contributed by atoms with Crippen LogP contribution in [0.2, 0.25) is 0 Å². The Balaban J connectivity index is 1.49. The van der Waals surface area contributed by atoms with Crippen LogP contribution in [0.4, 0.5) is 0 Å². The fourth-order valence-corrected chi connectivity index (χ4v) is 3.70. The highest BCUT2D eigenvalue weighted by Gasteiger charge is 2.33. The molecule has 28 heavy (non-hydrogen) atoms. The minimum atomic E-state index is -0.939. The molecule has 3 rings (SSSR count). The fraction of sp³-hybridized carbons (Fsp3) is 0.500. The minimum absolute atomic E-state index is 0.0452. The number of nitriles is 1. The highest BCUT2D eigenvalue weighted by molar-refractivity contribution is 5.94. The molecule has 3 amide bonds. The van der Waals surface area contributed by atoms with Gasteiger partial charge in [-0.05, 0) is 25.0 Å². The molecule has 0 bridgehead atoms. The first kappa shape index (κ1) is 19.8. The van der Waals surface area contributed by atoms with Crippen LogP contribution in [-0.4, -0.2) is 77.2 Å². The largest absolute Gasteiger partial charge is 0.339 e. The van der Waals surface area contributed by atoms with Crippen molar-refractivity contribution in [1.82, 2.24) is 14.7 Å². The second kappa shape index (κ2) is 8.85. The number of carbonyl (C=O) groups excluding carboxylic acids is 3.